The Hall–Kier alpha value is -2.63. The van der Waals surface area contributed by atoms with E-state index in [9.17, 15) is 9.18 Å². The summed E-state index contributed by atoms with van der Waals surface area (Å²) in [5.74, 6) is -0.562. The smallest absolute Gasteiger partial charge is 0.274 e. The molecule has 0 aliphatic rings. The van der Waals surface area contributed by atoms with E-state index in [0.717, 1.165) is 12.2 Å². The summed E-state index contributed by atoms with van der Waals surface area (Å²) in [4.78, 5) is 16.2. The standard InChI is InChI=1S/C15H16FN3O2/c1-3-17-11-5-7-13(18-9-11)15(20)19-12-6-4-10(16)8-14(12)21-2/h4-9,17H,3H2,1-2H3,(H,19,20). The zero-order valence-electron chi connectivity index (χ0n) is 11.8. The van der Waals surface area contributed by atoms with Gasteiger partial charge in [0, 0.05) is 12.6 Å². The maximum Gasteiger partial charge on any atom is 0.274 e. The summed E-state index contributed by atoms with van der Waals surface area (Å²) in [6.45, 7) is 2.75. The number of ether oxygens (including phenoxy) is 1. The van der Waals surface area contributed by atoms with Crippen molar-refractivity contribution < 1.29 is 13.9 Å². The second-order valence-electron chi connectivity index (χ2n) is 4.26. The van der Waals surface area contributed by atoms with Gasteiger partial charge in [-0.05, 0) is 31.2 Å². The highest BCUT2D eigenvalue weighted by atomic mass is 19.1. The number of anilines is 2. The molecule has 0 aliphatic carbocycles. The van der Waals surface area contributed by atoms with E-state index in [2.05, 4.69) is 15.6 Å². The van der Waals surface area contributed by atoms with E-state index >= 15 is 0 Å². The molecule has 0 aliphatic heterocycles. The SMILES string of the molecule is CCNc1ccc(C(=O)Nc2ccc(F)cc2OC)nc1. The molecule has 0 fully saturated rings. The van der Waals surface area contributed by atoms with E-state index in [0.29, 0.717) is 5.69 Å². The van der Waals surface area contributed by atoms with Gasteiger partial charge in [-0.2, -0.15) is 0 Å². The van der Waals surface area contributed by atoms with Crippen molar-refractivity contribution in [2.75, 3.05) is 24.3 Å². The number of pyridine rings is 1. The maximum absolute atomic E-state index is 13.1. The van der Waals surface area contributed by atoms with Gasteiger partial charge < -0.3 is 15.4 Å². The first-order chi connectivity index (χ1) is 10.1. The largest absolute Gasteiger partial charge is 0.494 e. The molecule has 0 radical (unpaired) electrons. The van der Waals surface area contributed by atoms with Crippen molar-refractivity contribution in [2.24, 2.45) is 0 Å². The second kappa shape index (κ2) is 6.69. The molecule has 0 saturated carbocycles. The number of methoxy groups -OCH3 is 1. The lowest BCUT2D eigenvalue weighted by atomic mass is 10.2. The van der Waals surface area contributed by atoms with Crippen LogP contribution in [0.2, 0.25) is 0 Å². The van der Waals surface area contributed by atoms with Crippen LogP contribution in [0.1, 0.15) is 17.4 Å². The Morgan fingerprint density at radius 3 is 2.76 bits per heavy atom. The first-order valence-corrected chi connectivity index (χ1v) is 6.49. The molecule has 2 N–H and O–H groups in total. The molecule has 2 rings (SSSR count). The molecular weight excluding hydrogens is 273 g/mol. The van der Waals surface area contributed by atoms with Crippen molar-refractivity contribution in [1.29, 1.82) is 0 Å². The van der Waals surface area contributed by atoms with E-state index in [1.54, 1.807) is 18.3 Å². The Morgan fingerprint density at radius 2 is 2.14 bits per heavy atom. The van der Waals surface area contributed by atoms with E-state index in [4.69, 9.17) is 4.74 Å². The fraction of sp³-hybridized carbons (Fsp3) is 0.200. The number of carbonyl (C=O) groups excluding carboxylic acids is 1. The number of aromatic nitrogens is 1. The predicted octanol–water partition coefficient (Wildman–Crippen LogP) is 2.91. The summed E-state index contributed by atoms with van der Waals surface area (Å²) >= 11 is 0. The minimum absolute atomic E-state index is 0.257. The number of benzene rings is 1. The Morgan fingerprint density at radius 1 is 1.33 bits per heavy atom. The van der Waals surface area contributed by atoms with Crippen LogP contribution in [-0.2, 0) is 0 Å². The van der Waals surface area contributed by atoms with E-state index in [1.807, 2.05) is 6.92 Å². The molecule has 21 heavy (non-hydrogen) atoms. The summed E-state index contributed by atoms with van der Waals surface area (Å²) < 4.78 is 18.1. The van der Waals surface area contributed by atoms with Gasteiger partial charge in [0.2, 0.25) is 0 Å². The van der Waals surface area contributed by atoms with Gasteiger partial charge in [0.05, 0.1) is 24.7 Å². The number of amides is 1. The summed E-state index contributed by atoms with van der Waals surface area (Å²) in [5, 5.41) is 5.73. The predicted molar refractivity (Wildman–Crippen MR) is 79.3 cm³/mol. The van der Waals surface area contributed by atoms with Gasteiger partial charge in [-0.25, -0.2) is 9.37 Å². The Labute approximate surface area is 122 Å². The molecule has 5 nitrogen and oxygen atoms in total. The van der Waals surface area contributed by atoms with Crippen LogP contribution in [0.3, 0.4) is 0 Å². The van der Waals surface area contributed by atoms with Gasteiger partial charge >= 0.3 is 0 Å². The molecule has 6 heteroatoms. The fourth-order valence-electron chi connectivity index (χ4n) is 1.79. The highest BCUT2D eigenvalue weighted by Crippen LogP contribution is 2.25. The first-order valence-electron chi connectivity index (χ1n) is 6.49. The third-order valence-electron chi connectivity index (χ3n) is 2.79. The minimum Gasteiger partial charge on any atom is -0.494 e. The summed E-state index contributed by atoms with van der Waals surface area (Å²) in [6, 6.07) is 7.28. The molecule has 0 atom stereocenters. The number of hydrogen-bond acceptors (Lipinski definition) is 4. The average molecular weight is 289 g/mol. The van der Waals surface area contributed by atoms with Gasteiger partial charge in [0.25, 0.3) is 5.91 Å². The Bertz CT molecular complexity index is 629. The second-order valence-corrected chi connectivity index (χ2v) is 4.26. The van der Waals surface area contributed by atoms with Crippen molar-refractivity contribution in [3.05, 3.63) is 48.0 Å². The molecule has 1 aromatic carbocycles. The van der Waals surface area contributed by atoms with Crippen LogP contribution in [0.25, 0.3) is 0 Å². The van der Waals surface area contributed by atoms with Gasteiger partial charge in [0.15, 0.2) is 0 Å². The minimum atomic E-state index is -0.432. The molecule has 2 aromatic rings. The van der Waals surface area contributed by atoms with Crippen molar-refractivity contribution in [1.82, 2.24) is 4.98 Å². The van der Waals surface area contributed by atoms with Crippen molar-refractivity contribution in [2.45, 2.75) is 6.92 Å². The first kappa shape index (κ1) is 14.8. The average Bonchev–Trinajstić information content (AvgIpc) is 2.50. The molecule has 110 valence electrons. The van der Waals surface area contributed by atoms with E-state index in [1.165, 1.54) is 25.3 Å². The van der Waals surface area contributed by atoms with Crippen molar-refractivity contribution in [3.63, 3.8) is 0 Å². The zero-order valence-corrected chi connectivity index (χ0v) is 11.8. The third kappa shape index (κ3) is 3.68. The normalized spacial score (nSPS) is 10.0. The van der Waals surface area contributed by atoms with Gasteiger partial charge in [0.1, 0.15) is 17.3 Å². The summed E-state index contributed by atoms with van der Waals surface area (Å²) in [6.07, 6.45) is 1.58. The summed E-state index contributed by atoms with van der Waals surface area (Å²) in [5.41, 5.74) is 1.50. The van der Waals surface area contributed by atoms with Crippen LogP contribution in [0.5, 0.6) is 5.75 Å². The quantitative estimate of drug-likeness (QED) is 0.888. The zero-order chi connectivity index (χ0) is 15.2. The van der Waals surface area contributed by atoms with Crippen LogP contribution in [-0.4, -0.2) is 24.5 Å². The lowest BCUT2D eigenvalue weighted by Crippen LogP contribution is -2.14. The van der Waals surface area contributed by atoms with Gasteiger partial charge in [-0.1, -0.05) is 0 Å². The van der Waals surface area contributed by atoms with Crippen LogP contribution >= 0.6 is 0 Å². The topological polar surface area (TPSA) is 63.2 Å². The number of carbonyl (C=O) groups is 1. The lowest BCUT2D eigenvalue weighted by molar-refractivity contribution is 0.102. The molecule has 0 saturated heterocycles. The number of nitrogens with one attached hydrogen (secondary N) is 2. The molecule has 0 spiro atoms. The van der Waals surface area contributed by atoms with Crippen LogP contribution < -0.4 is 15.4 Å². The lowest BCUT2D eigenvalue weighted by Gasteiger charge is -2.10. The fourth-order valence-corrected chi connectivity index (χ4v) is 1.79. The molecule has 0 unspecified atom stereocenters. The van der Waals surface area contributed by atoms with E-state index in [-0.39, 0.29) is 17.4 Å². The van der Waals surface area contributed by atoms with Crippen LogP contribution in [0, 0.1) is 5.82 Å². The van der Waals surface area contributed by atoms with Crippen LogP contribution in [0.4, 0.5) is 15.8 Å². The number of halogens is 1. The van der Waals surface area contributed by atoms with E-state index < -0.39 is 5.82 Å². The maximum atomic E-state index is 13.1. The molecular formula is C15H16FN3O2. The highest BCUT2D eigenvalue weighted by Gasteiger charge is 2.11. The van der Waals surface area contributed by atoms with Crippen LogP contribution in [0.15, 0.2) is 36.5 Å². The number of rotatable bonds is 5. The monoisotopic (exact) mass is 289 g/mol. The number of hydrogen-bond donors (Lipinski definition) is 2. The third-order valence-corrected chi connectivity index (χ3v) is 2.79. The summed E-state index contributed by atoms with van der Waals surface area (Å²) in [7, 11) is 1.41. The van der Waals surface area contributed by atoms with Crippen molar-refractivity contribution in [3.8, 4) is 5.75 Å². The highest BCUT2D eigenvalue weighted by molar-refractivity contribution is 6.03. The van der Waals surface area contributed by atoms with Crippen molar-refractivity contribution >= 4 is 17.3 Å². The Kier molecular flexibility index (Phi) is 4.71. The van der Waals surface area contributed by atoms with Gasteiger partial charge in [-0.15, -0.1) is 0 Å². The number of nitrogens with zero attached hydrogens (tertiary/aromatic N) is 1. The molecule has 1 amide bonds. The molecule has 1 heterocycles. The Balaban J connectivity index is 2.14. The molecule has 1 aromatic heterocycles. The molecule has 0 bridgehead atoms. The van der Waals surface area contributed by atoms with Gasteiger partial charge in [-0.3, -0.25) is 4.79 Å².